The minimum absolute atomic E-state index is 0.269. The lowest BCUT2D eigenvalue weighted by Gasteiger charge is -2.21. The van der Waals surface area contributed by atoms with Crippen molar-refractivity contribution in [1.29, 1.82) is 5.26 Å². The maximum Gasteiger partial charge on any atom is 0.401 e. The number of nitrogens with zero attached hydrogens (tertiary/aromatic N) is 1. The van der Waals surface area contributed by atoms with E-state index in [1.165, 1.54) is 0 Å². The molecule has 0 saturated heterocycles. The highest BCUT2D eigenvalue weighted by Crippen LogP contribution is 2.24. The van der Waals surface area contributed by atoms with Crippen LogP contribution in [-0.2, 0) is 0 Å². The van der Waals surface area contributed by atoms with E-state index < -0.39 is 12.7 Å². The molecule has 86 valence electrons. The average Bonchev–Trinajstić information content (AvgIpc) is 2.37. The molecule has 2 unspecified atom stereocenters. The van der Waals surface area contributed by atoms with Crippen LogP contribution >= 0.6 is 0 Å². The van der Waals surface area contributed by atoms with Crippen LogP contribution in [0.4, 0.5) is 13.2 Å². The standard InChI is InChI=1S/C10H15F3N2/c11-10(12,13)7-15-9-5-3-1-2-4-8(9)6-14/h8-9,15H,1-5,7H2. The molecule has 0 heterocycles. The number of nitrogens with one attached hydrogen (secondary N) is 1. The average molecular weight is 220 g/mol. The van der Waals surface area contributed by atoms with Gasteiger partial charge in [-0.3, -0.25) is 0 Å². The summed E-state index contributed by atoms with van der Waals surface area (Å²) in [6.07, 6.45) is 0.0746. The van der Waals surface area contributed by atoms with Gasteiger partial charge < -0.3 is 5.32 Å². The third-order valence-corrected chi connectivity index (χ3v) is 2.75. The van der Waals surface area contributed by atoms with Crippen LogP contribution in [0.15, 0.2) is 0 Å². The maximum absolute atomic E-state index is 12.0. The summed E-state index contributed by atoms with van der Waals surface area (Å²) in [5.74, 6) is -0.269. The Morgan fingerprint density at radius 3 is 2.47 bits per heavy atom. The summed E-state index contributed by atoms with van der Waals surface area (Å²) in [6.45, 7) is -0.990. The smallest absolute Gasteiger partial charge is 0.305 e. The number of hydrogen-bond acceptors (Lipinski definition) is 2. The summed E-state index contributed by atoms with van der Waals surface area (Å²) in [5, 5.41) is 11.3. The van der Waals surface area contributed by atoms with Crippen LogP contribution in [-0.4, -0.2) is 18.8 Å². The monoisotopic (exact) mass is 220 g/mol. The summed E-state index contributed by atoms with van der Waals surface area (Å²) in [4.78, 5) is 0. The molecule has 1 saturated carbocycles. The van der Waals surface area contributed by atoms with Crippen molar-refractivity contribution >= 4 is 0 Å². The number of hydrogen-bond donors (Lipinski definition) is 1. The third-order valence-electron chi connectivity index (χ3n) is 2.75. The van der Waals surface area contributed by atoms with E-state index in [0.717, 1.165) is 19.3 Å². The molecule has 5 heteroatoms. The van der Waals surface area contributed by atoms with E-state index in [9.17, 15) is 13.2 Å². The van der Waals surface area contributed by atoms with Crippen molar-refractivity contribution in [3.63, 3.8) is 0 Å². The van der Waals surface area contributed by atoms with Crippen LogP contribution < -0.4 is 5.32 Å². The second-order valence-corrected chi connectivity index (χ2v) is 3.98. The van der Waals surface area contributed by atoms with Gasteiger partial charge in [-0.1, -0.05) is 19.3 Å². The van der Waals surface area contributed by atoms with Gasteiger partial charge in [-0.05, 0) is 12.8 Å². The fraction of sp³-hybridized carbons (Fsp3) is 0.900. The Morgan fingerprint density at radius 2 is 1.87 bits per heavy atom. The molecule has 0 amide bonds. The molecule has 1 N–H and O–H groups in total. The first-order valence-corrected chi connectivity index (χ1v) is 5.22. The first kappa shape index (κ1) is 12.3. The van der Waals surface area contributed by atoms with Gasteiger partial charge in [0.05, 0.1) is 18.5 Å². The van der Waals surface area contributed by atoms with Gasteiger partial charge in [-0.2, -0.15) is 18.4 Å². The lowest BCUT2D eigenvalue weighted by molar-refractivity contribution is -0.126. The molecule has 15 heavy (non-hydrogen) atoms. The van der Waals surface area contributed by atoms with Crippen LogP contribution in [0.2, 0.25) is 0 Å². The molecule has 1 fully saturated rings. The molecule has 0 radical (unpaired) electrons. The highest BCUT2D eigenvalue weighted by molar-refractivity contribution is 4.93. The molecule has 0 aromatic heterocycles. The van der Waals surface area contributed by atoms with Crippen molar-refractivity contribution in [2.75, 3.05) is 6.54 Å². The maximum atomic E-state index is 12.0. The highest BCUT2D eigenvalue weighted by atomic mass is 19.4. The van der Waals surface area contributed by atoms with Gasteiger partial charge in [-0.25, -0.2) is 0 Å². The van der Waals surface area contributed by atoms with Crippen molar-refractivity contribution in [2.45, 2.75) is 44.3 Å². The number of nitriles is 1. The Hall–Kier alpha value is -0.760. The molecule has 0 bridgehead atoms. The van der Waals surface area contributed by atoms with E-state index in [2.05, 4.69) is 11.4 Å². The molecular weight excluding hydrogens is 205 g/mol. The first-order valence-electron chi connectivity index (χ1n) is 5.22. The van der Waals surface area contributed by atoms with Crippen molar-refractivity contribution in [2.24, 2.45) is 5.92 Å². The normalized spacial score (nSPS) is 28.1. The van der Waals surface area contributed by atoms with E-state index >= 15 is 0 Å². The minimum Gasteiger partial charge on any atom is -0.305 e. The van der Waals surface area contributed by atoms with E-state index in [1.807, 2.05) is 0 Å². The zero-order valence-electron chi connectivity index (χ0n) is 8.48. The minimum atomic E-state index is -4.19. The zero-order chi connectivity index (χ0) is 11.3. The summed E-state index contributed by atoms with van der Waals surface area (Å²) < 4.78 is 36.0. The van der Waals surface area contributed by atoms with Crippen LogP contribution in [0.5, 0.6) is 0 Å². The Kier molecular flexibility index (Phi) is 4.40. The predicted molar refractivity (Wildman–Crippen MR) is 50.0 cm³/mol. The molecule has 2 nitrogen and oxygen atoms in total. The van der Waals surface area contributed by atoms with E-state index in [-0.39, 0.29) is 12.0 Å². The Morgan fingerprint density at radius 1 is 1.20 bits per heavy atom. The molecule has 1 aliphatic rings. The Balaban J connectivity index is 2.46. The van der Waals surface area contributed by atoms with Gasteiger partial charge in [-0.15, -0.1) is 0 Å². The predicted octanol–water partition coefficient (Wildman–Crippen LogP) is 2.61. The number of halogens is 3. The summed E-state index contributed by atoms with van der Waals surface area (Å²) in [7, 11) is 0. The molecule has 1 aliphatic carbocycles. The van der Waals surface area contributed by atoms with Gasteiger partial charge in [0, 0.05) is 6.04 Å². The van der Waals surface area contributed by atoms with Gasteiger partial charge in [0.2, 0.25) is 0 Å². The van der Waals surface area contributed by atoms with Gasteiger partial charge in [0.1, 0.15) is 0 Å². The lowest BCUT2D eigenvalue weighted by Crippen LogP contribution is -2.40. The van der Waals surface area contributed by atoms with Crippen molar-refractivity contribution in [1.82, 2.24) is 5.32 Å². The molecule has 0 aliphatic heterocycles. The molecular formula is C10H15F3N2. The second-order valence-electron chi connectivity index (χ2n) is 3.98. The quantitative estimate of drug-likeness (QED) is 0.726. The van der Waals surface area contributed by atoms with Gasteiger partial charge >= 0.3 is 6.18 Å². The fourth-order valence-corrected chi connectivity index (χ4v) is 1.95. The SMILES string of the molecule is N#CC1CCCCCC1NCC(F)(F)F. The van der Waals surface area contributed by atoms with E-state index in [0.29, 0.717) is 12.8 Å². The molecule has 2 atom stereocenters. The number of alkyl halides is 3. The molecule has 0 aromatic rings. The van der Waals surface area contributed by atoms with Crippen LogP contribution in [0.25, 0.3) is 0 Å². The van der Waals surface area contributed by atoms with Gasteiger partial charge in [0.15, 0.2) is 0 Å². The molecule has 0 aromatic carbocycles. The Labute approximate surface area is 87.5 Å². The summed E-state index contributed by atoms with van der Waals surface area (Å²) in [5.41, 5.74) is 0. The topological polar surface area (TPSA) is 35.8 Å². The van der Waals surface area contributed by atoms with Crippen LogP contribution in [0.1, 0.15) is 32.1 Å². The van der Waals surface area contributed by atoms with E-state index in [4.69, 9.17) is 5.26 Å². The van der Waals surface area contributed by atoms with Gasteiger partial charge in [0.25, 0.3) is 0 Å². The summed E-state index contributed by atoms with van der Waals surface area (Å²) >= 11 is 0. The highest BCUT2D eigenvalue weighted by Gasteiger charge is 2.31. The van der Waals surface area contributed by atoms with E-state index in [1.54, 1.807) is 0 Å². The van der Waals surface area contributed by atoms with Crippen LogP contribution in [0.3, 0.4) is 0 Å². The second kappa shape index (κ2) is 5.36. The van der Waals surface area contributed by atoms with Crippen LogP contribution in [0, 0.1) is 17.2 Å². The first-order chi connectivity index (χ1) is 7.03. The van der Waals surface area contributed by atoms with Crippen molar-refractivity contribution < 1.29 is 13.2 Å². The van der Waals surface area contributed by atoms with Crippen molar-refractivity contribution in [3.8, 4) is 6.07 Å². The molecule has 1 rings (SSSR count). The Bertz CT molecular complexity index is 232. The zero-order valence-corrected chi connectivity index (χ0v) is 8.48. The van der Waals surface area contributed by atoms with Crippen molar-refractivity contribution in [3.05, 3.63) is 0 Å². The lowest BCUT2D eigenvalue weighted by atomic mass is 9.96. The molecule has 0 spiro atoms. The summed E-state index contributed by atoms with van der Waals surface area (Å²) in [6, 6.07) is 1.81. The number of rotatable bonds is 2. The third kappa shape index (κ3) is 4.52. The largest absolute Gasteiger partial charge is 0.401 e. The fourth-order valence-electron chi connectivity index (χ4n) is 1.95.